The van der Waals surface area contributed by atoms with Crippen LogP contribution in [-0.2, 0) is 10.0 Å². The molecule has 130 valence electrons. The van der Waals surface area contributed by atoms with Crippen molar-refractivity contribution >= 4 is 10.0 Å². The molecule has 0 amide bonds. The lowest BCUT2D eigenvalue weighted by molar-refractivity contribution is -0.154. The highest BCUT2D eigenvalue weighted by atomic mass is 32.2. The largest absolute Gasteiger partial charge is 0.468 e. The van der Waals surface area contributed by atoms with Crippen LogP contribution in [0.5, 0.6) is 5.88 Å². The molecule has 2 rings (SSSR count). The van der Waals surface area contributed by atoms with Crippen LogP contribution in [0, 0.1) is 5.92 Å². The second-order valence-electron chi connectivity index (χ2n) is 5.43. The van der Waals surface area contributed by atoms with E-state index in [0.717, 1.165) is 25.4 Å². The second kappa shape index (κ2) is 7.02. The summed E-state index contributed by atoms with van der Waals surface area (Å²) in [4.78, 5) is 3.50. The van der Waals surface area contributed by atoms with E-state index in [0.29, 0.717) is 6.42 Å². The Balaban J connectivity index is 2.02. The molecule has 1 fully saturated rings. The number of hydrogen-bond acceptors (Lipinski definition) is 5. The SMILES string of the molecule is CC1CNCCC1NS(=O)(=O)c1ccc(OCC(F)(F)F)nc1. The Morgan fingerprint density at radius 1 is 1.43 bits per heavy atom. The van der Waals surface area contributed by atoms with Gasteiger partial charge in [0, 0.05) is 12.1 Å². The lowest BCUT2D eigenvalue weighted by Crippen LogP contribution is -2.48. The molecule has 2 unspecified atom stereocenters. The topological polar surface area (TPSA) is 80.3 Å². The minimum absolute atomic E-state index is 0.109. The van der Waals surface area contributed by atoms with E-state index in [1.54, 1.807) is 0 Å². The first-order valence-electron chi connectivity index (χ1n) is 7.06. The molecule has 0 bridgehead atoms. The van der Waals surface area contributed by atoms with Gasteiger partial charge >= 0.3 is 6.18 Å². The summed E-state index contributed by atoms with van der Waals surface area (Å²) in [5.74, 6) is -0.141. The molecule has 0 aliphatic carbocycles. The first-order valence-corrected chi connectivity index (χ1v) is 8.54. The van der Waals surface area contributed by atoms with Crippen molar-refractivity contribution in [1.29, 1.82) is 0 Å². The number of nitrogens with one attached hydrogen (secondary N) is 2. The lowest BCUT2D eigenvalue weighted by Gasteiger charge is -2.29. The minimum atomic E-state index is -4.47. The molecule has 6 nitrogen and oxygen atoms in total. The van der Waals surface area contributed by atoms with E-state index in [4.69, 9.17) is 0 Å². The van der Waals surface area contributed by atoms with Gasteiger partial charge in [-0.05, 0) is 31.5 Å². The van der Waals surface area contributed by atoms with Gasteiger partial charge in [0.05, 0.1) is 6.20 Å². The molecule has 2 heterocycles. The van der Waals surface area contributed by atoms with Crippen LogP contribution in [0.15, 0.2) is 23.2 Å². The first-order chi connectivity index (χ1) is 10.7. The summed E-state index contributed by atoms with van der Waals surface area (Å²) in [6.45, 7) is 1.90. The van der Waals surface area contributed by atoms with Crippen LogP contribution in [0.3, 0.4) is 0 Å². The highest BCUT2D eigenvalue weighted by molar-refractivity contribution is 7.89. The number of halogens is 3. The molecular formula is C13H18F3N3O3S. The van der Waals surface area contributed by atoms with Gasteiger partial charge in [0.1, 0.15) is 4.90 Å². The van der Waals surface area contributed by atoms with Crippen molar-refractivity contribution < 1.29 is 26.3 Å². The summed E-state index contributed by atoms with van der Waals surface area (Å²) >= 11 is 0. The zero-order chi connectivity index (χ0) is 17.1. The zero-order valence-corrected chi connectivity index (χ0v) is 13.2. The molecule has 0 radical (unpaired) electrons. The van der Waals surface area contributed by atoms with Crippen molar-refractivity contribution in [3.63, 3.8) is 0 Å². The third kappa shape index (κ3) is 5.33. The average molecular weight is 353 g/mol. The van der Waals surface area contributed by atoms with Crippen LogP contribution >= 0.6 is 0 Å². The van der Waals surface area contributed by atoms with Gasteiger partial charge in [0.25, 0.3) is 0 Å². The number of rotatable bonds is 5. The first kappa shape index (κ1) is 18.0. The predicted molar refractivity (Wildman–Crippen MR) is 76.5 cm³/mol. The molecule has 1 aromatic rings. The van der Waals surface area contributed by atoms with E-state index in [1.165, 1.54) is 6.07 Å². The van der Waals surface area contributed by atoms with Crippen molar-refractivity contribution in [1.82, 2.24) is 15.0 Å². The molecule has 1 aromatic heterocycles. The predicted octanol–water partition coefficient (Wildman–Crippen LogP) is 1.30. The summed E-state index contributed by atoms with van der Waals surface area (Å²) in [5.41, 5.74) is 0. The molecule has 2 N–H and O–H groups in total. The fraction of sp³-hybridized carbons (Fsp3) is 0.615. The number of hydrogen-bond donors (Lipinski definition) is 2. The molecule has 0 spiro atoms. The van der Waals surface area contributed by atoms with E-state index in [1.807, 2.05) is 6.92 Å². The Hall–Kier alpha value is -1.39. The van der Waals surface area contributed by atoms with Gasteiger partial charge in [-0.2, -0.15) is 13.2 Å². The van der Waals surface area contributed by atoms with Crippen molar-refractivity contribution in [2.75, 3.05) is 19.7 Å². The van der Waals surface area contributed by atoms with Crippen molar-refractivity contribution in [3.8, 4) is 5.88 Å². The van der Waals surface area contributed by atoms with Crippen LogP contribution in [0.4, 0.5) is 13.2 Å². The van der Waals surface area contributed by atoms with Gasteiger partial charge in [0.15, 0.2) is 6.61 Å². The quantitative estimate of drug-likeness (QED) is 0.834. The maximum atomic E-state index is 12.3. The average Bonchev–Trinajstić information content (AvgIpc) is 2.47. The molecule has 1 saturated heterocycles. The van der Waals surface area contributed by atoms with Crippen molar-refractivity contribution in [3.05, 3.63) is 18.3 Å². The van der Waals surface area contributed by atoms with E-state index < -0.39 is 22.8 Å². The third-order valence-corrected chi connectivity index (χ3v) is 4.97. The summed E-state index contributed by atoms with van der Waals surface area (Å²) in [7, 11) is -3.77. The Labute approximate surface area is 132 Å². The van der Waals surface area contributed by atoms with Crippen LogP contribution in [0.2, 0.25) is 0 Å². The number of ether oxygens (including phenoxy) is 1. The van der Waals surface area contributed by atoms with Crippen molar-refractivity contribution in [2.45, 2.75) is 30.5 Å². The van der Waals surface area contributed by atoms with Gasteiger partial charge in [0.2, 0.25) is 15.9 Å². The molecule has 1 aliphatic heterocycles. The summed E-state index contributed by atoms with van der Waals surface area (Å²) in [6, 6.07) is 2.08. The minimum Gasteiger partial charge on any atom is -0.468 e. The van der Waals surface area contributed by atoms with Gasteiger partial charge in [-0.15, -0.1) is 0 Å². The maximum absolute atomic E-state index is 12.3. The molecule has 10 heteroatoms. The van der Waals surface area contributed by atoms with Gasteiger partial charge in [-0.1, -0.05) is 6.92 Å². The van der Waals surface area contributed by atoms with E-state index in [-0.39, 0.29) is 22.7 Å². The van der Waals surface area contributed by atoms with Crippen LogP contribution < -0.4 is 14.8 Å². The fourth-order valence-corrected chi connectivity index (χ4v) is 3.55. The Morgan fingerprint density at radius 2 is 2.17 bits per heavy atom. The molecular weight excluding hydrogens is 335 g/mol. The smallest absolute Gasteiger partial charge is 0.422 e. The number of pyridine rings is 1. The van der Waals surface area contributed by atoms with E-state index >= 15 is 0 Å². The van der Waals surface area contributed by atoms with E-state index in [2.05, 4.69) is 19.8 Å². The number of alkyl halides is 3. The molecule has 0 saturated carbocycles. The number of sulfonamides is 1. The van der Waals surface area contributed by atoms with E-state index in [9.17, 15) is 21.6 Å². The number of aromatic nitrogens is 1. The summed E-state index contributed by atoms with van der Waals surface area (Å²) < 4.78 is 67.7. The third-order valence-electron chi connectivity index (χ3n) is 3.50. The Morgan fingerprint density at radius 3 is 2.74 bits per heavy atom. The highest BCUT2D eigenvalue weighted by Gasteiger charge is 2.29. The normalized spacial score (nSPS) is 22.8. The highest BCUT2D eigenvalue weighted by Crippen LogP contribution is 2.19. The maximum Gasteiger partial charge on any atom is 0.422 e. The number of nitrogens with zero attached hydrogens (tertiary/aromatic N) is 1. The van der Waals surface area contributed by atoms with Gasteiger partial charge < -0.3 is 10.1 Å². The standard InChI is InChI=1S/C13H18F3N3O3S/c1-9-6-17-5-4-11(9)19-23(20,21)10-2-3-12(18-7-10)22-8-13(14,15)16/h2-3,7,9,11,17,19H,4-6,8H2,1H3. The molecule has 23 heavy (non-hydrogen) atoms. The second-order valence-corrected chi connectivity index (χ2v) is 7.15. The zero-order valence-electron chi connectivity index (χ0n) is 12.4. The van der Waals surface area contributed by atoms with Crippen LogP contribution in [-0.4, -0.2) is 45.3 Å². The number of piperidine rings is 1. The molecule has 2 atom stereocenters. The van der Waals surface area contributed by atoms with Crippen molar-refractivity contribution in [2.24, 2.45) is 5.92 Å². The van der Waals surface area contributed by atoms with Crippen LogP contribution in [0.25, 0.3) is 0 Å². The van der Waals surface area contributed by atoms with Gasteiger partial charge in [-0.3, -0.25) is 0 Å². The molecule has 0 aromatic carbocycles. The lowest BCUT2D eigenvalue weighted by atomic mass is 9.97. The van der Waals surface area contributed by atoms with Gasteiger partial charge in [-0.25, -0.2) is 18.1 Å². The Bertz CT molecular complexity index is 620. The summed E-state index contributed by atoms with van der Waals surface area (Å²) in [6.07, 6.45) is -2.82. The Kier molecular flexibility index (Phi) is 5.48. The monoisotopic (exact) mass is 353 g/mol. The van der Waals surface area contributed by atoms with Crippen LogP contribution in [0.1, 0.15) is 13.3 Å². The fourth-order valence-electron chi connectivity index (χ4n) is 2.22. The summed E-state index contributed by atoms with van der Waals surface area (Å²) in [5, 5.41) is 3.17. The molecule has 1 aliphatic rings.